The van der Waals surface area contributed by atoms with E-state index in [9.17, 15) is 9.59 Å². The minimum absolute atomic E-state index is 0.274. The number of carbonyl (C=O) groups is 2. The molecule has 1 N–H and O–H groups in total. The van der Waals surface area contributed by atoms with Crippen molar-refractivity contribution in [2.24, 2.45) is 0 Å². The summed E-state index contributed by atoms with van der Waals surface area (Å²) in [7, 11) is 2.86. The SMILES string of the molecule is COC(=O)c1ccc(C)c(NC(=O)c2cccc(OC)c2)c1. The van der Waals surface area contributed by atoms with E-state index in [4.69, 9.17) is 4.74 Å². The van der Waals surface area contributed by atoms with Crippen LogP contribution in [0.15, 0.2) is 42.5 Å². The topological polar surface area (TPSA) is 64.6 Å². The Kier molecular flexibility index (Phi) is 4.78. The lowest BCUT2D eigenvalue weighted by molar-refractivity contribution is 0.0600. The Morgan fingerprint density at radius 2 is 1.77 bits per heavy atom. The highest BCUT2D eigenvalue weighted by Gasteiger charge is 2.12. The third-order valence-electron chi connectivity index (χ3n) is 3.24. The summed E-state index contributed by atoms with van der Waals surface area (Å²) >= 11 is 0. The summed E-state index contributed by atoms with van der Waals surface area (Å²) in [6.45, 7) is 1.85. The molecule has 0 fully saturated rings. The summed E-state index contributed by atoms with van der Waals surface area (Å²) in [5.74, 6) is -0.117. The minimum atomic E-state index is -0.447. The summed E-state index contributed by atoms with van der Waals surface area (Å²) in [5.41, 5.74) is 2.27. The van der Waals surface area contributed by atoms with Gasteiger partial charge in [0.05, 0.1) is 19.8 Å². The number of nitrogens with one attached hydrogen (secondary N) is 1. The second kappa shape index (κ2) is 6.76. The highest BCUT2D eigenvalue weighted by Crippen LogP contribution is 2.20. The van der Waals surface area contributed by atoms with Crippen LogP contribution in [-0.4, -0.2) is 26.1 Å². The number of hydrogen-bond donors (Lipinski definition) is 1. The highest BCUT2D eigenvalue weighted by atomic mass is 16.5. The van der Waals surface area contributed by atoms with Gasteiger partial charge in [0.2, 0.25) is 0 Å². The number of hydrogen-bond acceptors (Lipinski definition) is 4. The van der Waals surface area contributed by atoms with Crippen molar-refractivity contribution < 1.29 is 19.1 Å². The maximum absolute atomic E-state index is 12.3. The largest absolute Gasteiger partial charge is 0.497 e. The first-order valence-corrected chi connectivity index (χ1v) is 6.69. The van der Waals surface area contributed by atoms with E-state index < -0.39 is 5.97 Å². The molecular formula is C17H17NO4. The number of ether oxygens (including phenoxy) is 2. The second-order valence-corrected chi connectivity index (χ2v) is 4.71. The molecule has 0 heterocycles. The lowest BCUT2D eigenvalue weighted by atomic mass is 10.1. The van der Waals surface area contributed by atoms with E-state index in [0.29, 0.717) is 22.6 Å². The molecule has 0 aliphatic carbocycles. The monoisotopic (exact) mass is 299 g/mol. The normalized spacial score (nSPS) is 9.95. The fourth-order valence-electron chi connectivity index (χ4n) is 1.96. The molecule has 0 aromatic heterocycles. The molecular weight excluding hydrogens is 282 g/mol. The average Bonchev–Trinajstić information content (AvgIpc) is 2.56. The number of anilines is 1. The van der Waals surface area contributed by atoms with Gasteiger partial charge in [-0.05, 0) is 42.8 Å². The minimum Gasteiger partial charge on any atom is -0.497 e. The van der Waals surface area contributed by atoms with Gasteiger partial charge in [0.1, 0.15) is 5.75 Å². The zero-order chi connectivity index (χ0) is 16.1. The van der Waals surface area contributed by atoms with E-state index in [1.54, 1.807) is 49.6 Å². The van der Waals surface area contributed by atoms with Gasteiger partial charge in [0, 0.05) is 11.3 Å². The third kappa shape index (κ3) is 3.44. The molecule has 2 rings (SSSR count). The van der Waals surface area contributed by atoms with Gasteiger partial charge < -0.3 is 14.8 Å². The lowest BCUT2D eigenvalue weighted by Crippen LogP contribution is -2.13. The van der Waals surface area contributed by atoms with E-state index in [-0.39, 0.29) is 5.91 Å². The second-order valence-electron chi connectivity index (χ2n) is 4.71. The smallest absolute Gasteiger partial charge is 0.337 e. The number of esters is 1. The van der Waals surface area contributed by atoms with Crippen LogP contribution in [0.2, 0.25) is 0 Å². The first-order chi connectivity index (χ1) is 10.5. The van der Waals surface area contributed by atoms with E-state index in [1.807, 2.05) is 6.92 Å². The molecule has 22 heavy (non-hydrogen) atoms. The Morgan fingerprint density at radius 1 is 1.00 bits per heavy atom. The quantitative estimate of drug-likeness (QED) is 0.881. The number of amides is 1. The first-order valence-electron chi connectivity index (χ1n) is 6.69. The summed E-state index contributed by atoms with van der Waals surface area (Å²) < 4.78 is 9.79. The van der Waals surface area contributed by atoms with Crippen LogP contribution < -0.4 is 10.1 Å². The molecule has 2 aromatic carbocycles. The zero-order valence-corrected chi connectivity index (χ0v) is 12.7. The number of methoxy groups -OCH3 is 2. The number of carbonyl (C=O) groups excluding carboxylic acids is 2. The Hall–Kier alpha value is -2.82. The molecule has 0 aliphatic rings. The predicted octanol–water partition coefficient (Wildman–Crippen LogP) is 3.04. The fraction of sp³-hybridized carbons (Fsp3) is 0.176. The van der Waals surface area contributed by atoms with Crippen molar-refractivity contribution in [3.05, 3.63) is 59.2 Å². The van der Waals surface area contributed by atoms with Crippen molar-refractivity contribution in [1.82, 2.24) is 0 Å². The summed E-state index contributed by atoms with van der Waals surface area (Å²) in [6.07, 6.45) is 0. The molecule has 0 aliphatic heterocycles. The number of rotatable bonds is 4. The average molecular weight is 299 g/mol. The summed E-state index contributed by atoms with van der Waals surface area (Å²) in [6, 6.07) is 11.9. The lowest BCUT2D eigenvalue weighted by Gasteiger charge is -2.10. The van der Waals surface area contributed by atoms with Gasteiger partial charge in [-0.25, -0.2) is 4.79 Å². The van der Waals surface area contributed by atoms with Gasteiger partial charge in [0.25, 0.3) is 5.91 Å². The zero-order valence-electron chi connectivity index (χ0n) is 12.7. The van der Waals surface area contributed by atoms with Crippen molar-refractivity contribution >= 4 is 17.6 Å². The molecule has 0 unspecified atom stereocenters. The van der Waals surface area contributed by atoms with Crippen LogP contribution in [0.25, 0.3) is 0 Å². The van der Waals surface area contributed by atoms with Crippen LogP contribution >= 0.6 is 0 Å². The molecule has 114 valence electrons. The molecule has 0 saturated heterocycles. The Morgan fingerprint density at radius 3 is 2.45 bits per heavy atom. The number of benzene rings is 2. The molecule has 2 aromatic rings. The number of aryl methyl sites for hydroxylation is 1. The maximum atomic E-state index is 12.3. The molecule has 0 bridgehead atoms. The maximum Gasteiger partial charge on any atom is 0.337 e. The van der Waals surface area contributed by atoms with Crippen molar-refractivity contribution in [2.45, 2.75) is 6.92 Å². The van der Waals surface area contributed by atoms with Crippen LogP contribution in [0, 0.1) is 6.92 Å². The van der Waals surface area contributed by atoms with Crippen molar-refractivity contribution in [2.75, 3.05) is 19.5 Å². The van der Waals surface area contributed by atoms with Gasteiger partial charge in [-0.2, -0.15) is 0 Å². The Balaban J connectivity index is 2.25. The molecule has 0 saturated carbocycles. The molecule has 5 heteroatoms. The van der Waals surface area contributed by atoms with Gasteiger partial charge in [-0.15, -0.1) is 0 Å². The Bertz CT molecular complexity index is 710. The van der Waals surface area contributed by atoms with E-state index in [2.05, 4.69) is 10.1 Å². The van der Waals surface area contributed by atoms with Crippen molar-refractivity contribution in [1.29, 1.82) is 0 Å². The van der Waals surface area contributed by atoms with Crippen LogP contribution in [0.1, 0.15) is 26.3 Å². The third-order valence-corrected chi connectivity index (χ3v) is 3.24. The van der Waals surface area contributed by atoms with Crippen LogP contribution in [0.3, 0.4) is 0 Å². The molecule has 0 atom stereocenters. The summed E-state index contributed by atoms with van der Waals surface area (Å²) in [4.78, 5) is 23.9. The van der Waals surface area contributed by atoms with Crippen LogP contribution in [-0.2, 0) is 4.74 Å². The van der Waals surface area contributed by atoms with E-state index in [0.717, 1.165) is 5.56 Å². The van der Waals surface area contributed by atoms with Gasteiger partial charge in [-0.1, -0.05) is 12.1 Å². The molecule has 0 radical (unpaired) electrons. The molecule has 0 spiro atoms. The fourth-order valence-corrected chi connectivity index (χ4v) is 1.96. The molecule has 5 nitrogen and oxygen atoms in total. The van der Waals surface area contributed by atoms with Gasteiger partial charge >= 0.3 is 5.97 Å². The van der Waals surface area contributed by atoms with E-state index in [1.165, 1.54) is 7.11 Å². The molecule has 1 amide bonds. The standard InChI is InChI=1S/C17H17NO4/c1-11-7-8-13(17(20)22-3)10-15(11)18-16(19)12-5-4-6-14(9-12)21-2/h4-10H,1-3H3,(H,18,19). The van der Waals surface area contributed by atoms with Gasteiger partial charge in [0.15, 0.2) is 0 Å². The van der Waals surface area contributed by atoms with Crippen LogP contribution in [0.4, 0.5) is 5.69 Å². The van der Waals surface area contributed by atoms with E-state index >= 15 is 0 Å². The van der Waals surface area contributed by atoms with Gasteiger partial charge in [-0.3, -0.25) is 4.79 Å². The summed E-state index contributed by atoms with van der Waals surface area (Å²) in [5, 5.41) is 2.79. The van der Waals surface area contributed by atoms with Crippen molar-refractivity contribution in [3.63, 3.8) is 0 Å². The van der Waals surface area contributed by atoms with Crippen molar-refractivity contribution in [3.8, 4) is 5.75 Å². The predicted molar refractivity (Wildman–Crippen MR) is 83.5 cm³/mol. The Labute approximate surface area is 128 Å². The highest BCUT2D eigenvalue weighted by molar-refractivity contribution is 6.05. The first kappa shape index (κ1) is 15.6. The van der Waals surface area contributed by atoms with Crippen LogP contribution in [0.5, 0.6) is 5.75 Å².